The van der Waals surface area contributed by atoms with Crippen LogP contribution in [0.25, 0.3) is 0 Å². The minimum Gasteiger partial charge on any atom is -0.306 e. The highest BCUT2D eigenvalue weighted by Gasteiger charge is 2.37. The van der Waals surface area contributed by atoms with Gasteiger partial charge in [0.25, 0.3) is 0 Å². The summed E-state index contributed by atoms with van der Waals surface area (Å²) in [5, 5.41) is 6.76. The van der Waals surface area contributed by atoms with Gasteiger partial charge in [-0.1, -0.05) is 27.7 Å². The van der Waals surface area contributed by atoms with Gasteiger partial charge in [-0.25, -0.2) is 18.2 Å². The molecule has 0 aliphatic carbocycles. The standard InChI is InChI=1S/C21H33FN6O3S2/c1-13(2)19-8-18(20(32-19)14(3)4)24-21(29)25-33(30,31)28(17-9-23-27(6)12-17)16-7-15(22)10-26(5)11-16/h8-9,12-16H,7,10-11H2,1-6H3,(H2,24,25,29). The summed E-state index contributed by atoms with van der Waals surface area (Å²) in [5.74, 6) is 0.452. The molecule has 1 aliphatic heterocycles. The van der Waals surface area contributed by atoms with Crippen LogP contribution >= 0.6 is 11.3 Å². The number of alkyl halides is 1. The molecule has 2 aromatic heterocycles. The van der Waals surface area contributed by atoms with E-state index in [2.05, 4.69) is 29.0 Å². The van der Waals surface area contributed by atoms with Crippen molar-refractivity contribution in [2.24, 2.45) is 7.05 Å². The predicted molar refractivity (Wildman–Crippen MR) is 130 cm³/mol. The maximum Gasteiger partial charge on any atom is 0.334 e. The van der Waals surface area contributed by atoms with Gasteiger partial charge in [-0.15, -0.1) is 11.3 Å². The average Bonchev–Trinajstić information content (AvgIpc) is 3.27. The number of aromatic nitrogens is 2. The van der Waals surface area contributed by atoms with Crippen molar-refractivity contribution in [2.75, 3.05) is 29.8 Å². The zero-order valence-electron chi connectivity index (χ0n) is 19.9. The third-order valence-corrected chi connectivity index (χ3v) is 8.65. The highest BCUT2D eigenvalue weighted by atomic mass is 32.2. The minimum absolute atomic E-state index is 0.0293. The Morgan fingerprint density at radius 3 is 2.48 bits per heavy atom. The maximum atomic E-state index is 14.3. The molecule has 0 aromatic carbocycles. The van der Waals surface area contributed by atoms with Gasteiger partial charge in [0.2, 0.25) is 0 Å². The van der Waals surface area contributed by atoms with Crippen molar-refractivity contribution in [2.45, 2.75) is 58.2 Å². The van der Waals surface area contributed by atoms with Crippen LogP contribution in [-0.2, 0) is 17.3 Å². The number of nitrogens with zero attached hydrogens (tertiary/aromatic N) is 4. The predicted octanol–water partition coefficient (Wildman–Crippen LogP) is 3.64. The molecule has 12 heteroatoms. The monoisotopic (exact) mass is 500 g/mol. The molecule has 2 N–H and O–H groups in total. The van der Waals surface area contributed by atoms with Crippen LogP contribution < -0.4 is 14.3 Å². The van der Waals surface area contributed by atoms with E-state index in [9.17, 15) is 17.6 Å². The lowest BCUT2D eigenvalue weighted by atomic mass is 10.0. The molecule has 2 atom stereocenters. The van der Waals surface area contributed by atoms with Gasteiger partial charge in [-0.05, 0) is 24.9 Å². The van der Waals surface area contributed by atoms with Crippen molar-refractivity contribution >= 4 is 39.0 Å². The number of likely N-dealkylation sites (N-methyl/N-ethyl adjacent to an activating group) is 1. The number of hydrogen-bond donors (Lipinski definition) is 2. The Hall–Kier alpha value is -2.18. The first kappa shape index (κ1) is 25.4. The highest BCUT2D eigenvalue weighted by Crippen LogP contribution is 2.37. The van der Waals surface area contributed by atoms with E-state index >= 15 is 0 Å². The molecule has 0 saturated carbocycles. The number of urea groups is 1. The molecular weight excluding hydrogens is 467 g/mol. The third-order valence-electron chi connectivity index (χ3n) is 5.44. The summed E-state index contributed by atoms with van der Waals surface area (Å²) in [4.78, 5) is 16.6. The van der Waals surface area contributed by atoms with E-state index < -0.39 is 28.5 Å². The SMILES string of the molecule is CC(C)c1cc(NC(=O)NS(=O)(=O)N(c2cnn(C)c2)C2CC(F)CN(C)C2)c(C(C)C)s1. The van der Waals surface area contributed by atoms with Gasteiger partial charge in [-0.3, -0.25) is 4.68 Å². The summed E-state index contributed by atoms with van der Waals surface area (Å²) in [6.45, 7) is 8.74. The Morgan fingerprint density at radius 1 is 1.24 bits per heavy atom. The molecule has 2 aromatic rings. The smallest absolute Gasteiger partial charge is 0.306 e. The molecular formula is C21H33FN6O3S2. The fourth-order valence-electron chi connectivity index (χ4n) is 4.00. The Kier molecular flexibility index (Phi) is 7.69. The molecule has 1 aliphatic rings. The first-order chi connectivity index (χ1) is 15.4. The Balaban J connectivity index is 1.86. The second-order valence-electron chi connectivity index (χ2n) is 9.17. The number of aryl methyl sites for hydroxylation is 1. The lowest BCUT2D eigenvalue weighted by molar-refractivity contribution is 0.148. The summed E-state index contributed by atoms with van der Waals surface area (Å²) < 4.78 is 45.7. The molecule has 33 heavy (non-hydrogen) atoms. The van der Waals surface area contributed by atoms with E-state index in [4.69, 9.17) is 0 Å². The van der Waals surface area contributed by atoms with Crippen LogP contribution in [0.1, 0.15) is 55.7 Å². The molecule has 0 radical (unpaired) electrons. The van der Waals surface area contributed by atoms with Crippen molar-refractivity contribution in [1.29, 1.82) is 0 Å². The van der Waals surface area contributed by atoms with Gasteiger partial charge >= 0.3 is 16.2 Å². The zero-order valence-corrected chi connectivity index (χ0v) is 21.5. The summed E-state index contributed by atoms with van der Waals surface area (Å²) in [6.07, 6.45) is 1.78. The maximum absolute atomic E-state index is 14.3. The quantitative estimate of drug-likeness (QED) is 0.605. The van der Waals surface area contributed by atoms with Crippen LogP contribution in [0.4, 0.5) is 20.6 Å². The Labute approximate surface area is 199 Å². The van der Waals surface area contributed by atoms with Gasteiger partial charge < -0.3 is 10.2 Å². The number of piperidine rings is 1. The topological polar surface area (TPSA) is 99.6 Å². The molecule has 184 valence electrons. The minimum atomic E-state index is -4.34. The number of hydrogen-bond acceptors (Lipinski definition) is 6. The Bertz CT molecular complexity index is 1070. The first-order valence-corrected chi connectivity index (χ1v) is 13.2. The summed E-state index contributed by atoms with van der Waals surface area (Å²) in [7, 11) is -0.941. The number of likely N-dealkylation sites (tertiary alicyclic amines) is 1. The zero-order chi connectivity index (χ0) is 24.5. The van der Waals surface area contributed by atoms with E-state index in [0.29, 0.717) is 12.2 Å². The van der Waals surface area contributed by atoms with Gasteiger partial charge in [0.15, 0.2) is 0 Å². The molecule has 9 nitrogen and oxygen atoms in total. The van der Waals surface area contributed by atoms with E-state index in [1.54, 1.807) is 30.3 Å². The van der Waals surface area contributed by atoms with Crippen LogP contribution in [0.15, 0.2) is 18.5 Å². The van der Waals surface area contributed by atoms with Crippen molar-refractivity contribution in [1.82, 2.24) is 19.4 Å². The fraction of sp³-hybridized carbons (Fsp3) is 0.619. The second-order valence-corrected chi connectivity index (χ2v) is 11.8. The van der Waals surface area contributed by atoms with E-state index in [0.717, 1.165) is 14.1 Å². The molecule has 2 unspecified atom stereocenters. The second kappa shape index (κ2) is 9.98. The Morgan fingerprint density at radius 2 is 1.94 bits per heavy atom. The van der Waals surface area contributed by atoms with Crippen LogP contribution in [0, 0.1) is 0 Å². The largest absolute Gasteiger partial charge is 0.334 e. The normalized spacial score (nSPS) is 19.8. The number of anilines is 2. The average molecular weight is 501 g/mol. The number of thiophene rings is 1. The first-order valence-electron chi connectivity index (χ1n) is 11.0. The summed E-state index contributed by atoms with van der Waals surface area (Å²) in [6, 6.07) is 0.340. The highest BCUT2D eigenvalue weighted by molar-refractivity contribution is 7.91. The number of carbonyl (C=O) groups is 1. The van der Waals surface area contributed by atoms with Crippen LogP contribution in [0.5, 0.6) is 0 Å². The number of rotatable bonds is 7. The van der Waals surface area contributed by atoms with Crippen molar-refractivity contribution in [3.63, 3.8) is 0 Å². The van der Waals surface area contributed by atoms with E-state index in [-0.39, 0.29) is 30.5 Å². The molecule has 0 bridgehead atoms. The van der Waals surface area contributed by atoms with Crippen LogP contribution in [0.2, 0.25) is 0 Å². The van der Waals surface area contributed by atoms with Gasteiger partial charge in [0, 0.05) is 42.5 Å². The van der Waals surface area contributed by atoms with Gasteiger partial charge in [0.05, 0.1) is 23.6 Å². The van der Waals surface area contributed by atoms with Gasteiger partial charge in [-0.2, -0.15) is 13.5 Å². The number of halogens is 1. The molecule has 3 rings (SSSR count). The molecule has 3 heterocycles. The van der Waals surface area contributed by atoms with Crippen molar-refractivity contribution < 1.29 is 17.6 Å². The van der Waals surface area contributed by atoms with Gasteiger partial charge in [0.1, 0.15) is 6.17 Å². The number of nitrogens with one attached hydrogen (secondary N) is 2. The summed E-state index contributed by atoms with van der Waals surface area (Å²) >= 11 is 1.60. The van der Waals surface area contributed by atoms with Crippen LogP contribution in [0.3, 0.4) is 0 Å². The van der Waals surface area contributed by atoms with Crippen molar-refractivity contribution in [3.8, 4) is 0 Å². The number of carbonyl (C=O) groups excluding carboxylic acids is 1. The molecule has 0 spiro atoms. The molecule has 2 amide bonds. The van der Waals surface area contributed by atoms with E-state index in [1.165, 1.54) is 17.1 Å². The number of amides is 2. The summed E-state index contributed by atoms with van der Waals surface area (Å²) in [5.41, 5.74) is 0.867. The molecule has 1 saturated heterocycles. The third kappa shape index (κ3) is 6.04. The lowest BCUT2D eigenvalue weighted by Crippen LogP contribution is -2.56. The van der Waals surface area contributed by atoms with Crippen LogP contribution in [-0.4, -0.2) is 61.5 Å². The van der Waals surface area contributed by atoms with Crippen molar-refractivity contribution in [3.05, 3.63) is 28.2 Å². The fourth-order valence-corrected chi connectivity index (χ4v) is 6.43. The lowest BCUT2D eigenvalue weighted by Gasteiger charge is -2.38. The molecule has 1 fully saturated rings. The van der Waals surface area contributed by atoms with E-state index in [1.807, 2.05) is 19.9 Å².